The molecule has 0 spiro atoms. The molecule has 2 aromatic rings. The van der Waals surface area contributed by atoms with E-state index in [2.05, 4.69) is 6.92 Å². The van der Waals surface area contributed by atoms with E-state index in [0.717, 1.165) is 27.3 Å². The molecule has 2 aromatic carbocycles. The van der Waals surface area contributed by atoms with Gasteiger partial charge in [0.25, 0.3) is 5.71 Å². The molecule has 0 heterocycles. The van der Waals surface area contributed by atoms with Crippen LogP contribution in [0.5, 0.6) is 0 Å². The summed E-state index contributed by atoms with van der Waals surface area (Å²) in [7, 11) is 0. The maximum absolute atomic E-state index is 12.1. The quantitative estimate of drug-likeness (QED) is 0.265. The largest absolute Gasteiger partial charge is 0.626 e. The summed E-state index contributed by atoms with van der Waals surface area (Å²) in [5.74, 6) is 8.08. The van der Waals surface area contributed by atoms with Crippen LogP contribution in [0.2, 0.25) is 5.02 Å². The second-order valence-corrected chi connectivity index (χ2v) is 6.97. The normalized spacial score (nSPS) is 11.8. The Morgan fingerprint density at radius 1 is 1.08 bits per heavy atom. The van der Waals surface area contributed by atoms with E-state index < -0.39 is 6.09 Å². The zero-order valence-corrected chi connectivity index (χ0v) is 15.9. The standard InChI is InChI=1S/C19H22ClN2O2S/c1-3-24-19(23)22(21)18(16-9-11-17(20)12-10-16)15-7-5-14(6-8-15)13-25-4-2/h5-12H,3-4,13,21H2,1-2H3/q+1. The first-order valence-electron chi connectivity index (χ1n) is 8.08. The Hall–Kier alpha value is -1.98. The Labute approximate surface area is 157 Å². The highest BCUT2D eigenvalue weighted by atomic mass is 35.5. The summed E-state index contributed by atoms with van der Waals surface area (Å²) in [6, 6.07) is 15.2. The van der Waals surface area contributed by atoms with E-state index in [-0.39, 0.29) is 6.61 Å². The molecule has 6 heteroatoms. The summed E-state index contributed by atoms with van der Waals surface area (Å²) in [6.45, 7) is 4.14. The molecule has 0 aliphatic heterocycles. The number of hydrogen-bond donors (Lipinski definition) is 1. The third-order valence-corrected chi connectivity index (χ3v) is 4.72. The van der Waals surface area contributed by atoms with Gasteiger partial charge in [0.1, 0.15) is 0 Å². The van der Waals surface area contributed by atoms with Crippen molar-refractivity contribution < 1.29 is 14.2 Å². The van der Waals surface area contributed by atoms with Gasteiger partial charge in [-0.05, 0) is 59.3 Å². The minimum absolute atomic E-state index is 0.258. The second-order valence-electron chi connectivity index (χ2n) is 5.26. The van der Waals surface area contributed by atoms with Gasteiger partial charge in [-0.15, -0.1) is 0 Å². The number of thioether (sulfide) groups is 1. The molecule has 0 unspecified atom stereocenters. The third kappa shape index (κ3) is 5.25. The van der Waals surface area contributed by atoms with Crippen LogP contribution in [0.15, 0.2) is 48.5 Å². The number of carbonyl (C=O) groups excluding carboxylic acids is 1. The van der Waals surface area contributed by atoms with Crippen molar-refractivity contribution in [1.29, 1.82) is 0 Å². The first-order chi connectivity index (χ1) is 12.1. The Morgan fingerprint density at radius 2 is 1.64 bits per heavy atom. The molecular formula is C19H22ClN2O2S+. The number of benzene rings is 2. The zero-order chi connectivity index (χ0) is 18.2. The van der Waals surface area contributed by atoms with E-state index in [0.29, 0.717) is 10.7 Å². The fraction of sp³-hybridized carbons (Fsp3) is 0.263. The van der Waals surface area contributed by atoms with Gasteiger partial charge in [0, 0.05) is 16.3 Å². The van der Waals surface area contributed by atoms with Crippen LogP contribution < -0.4 is 5.84 Å². The molecule has 0 saturated carbocycles. The number of carbonyl (C=O) groups is 1. The van der Waals surface area contributed by atoms with E-state index in [1.807, 2.05) is 48.2 Å². The molecule has 2 N–H and O–H groups in total. The van der Waals surface area contributed by atoms with Crippen molar-refractivity contribution in [3.05, 3.63) is 70.2 Å². The lowest BCUT2D eigenvalue weighted by molar-refractivity contribution is -0.456. The number of ether oxygens (including phenoxy) is 1. The molecule has 0 fully saturated rings. The van der Waals surface area contributed by atoms with Gasteiger partial charge in [0.2, 0.25) is 0 Å². The monoisotopic (exact) mass is 377 g/mol. The number of nitrogens with zero attached hydrogens (tertiary/aromatic N) is 1. The molecule has 132 valence electrons. The summed E-state index contributed by atoms with van der Waals surface area (Å²) in [5, 5.41) is 0.620. The highest BCUT2D eigenvalue weighted by Crippen LogP contribution is 2.17. The Morgan fingerprint density at radius 3 is 2.16 bits per heavy atom. The molecule has 0 aliphatic carbocycles. The van der Waals surface area contributed by atoms with Crippen LogP contribution in [-0.4, -0.2) is 28.8 Å². The average Bonchev–Trinajstić information content (AvgIpc) is 2.63. The number of halogens is 1. The maximum Gasteiger partial charge on any atom is 0.626 e. The van der Waals surface area contributed by atoms with Gasteiger partial charge >= 0.3 is 6.09 Å². The predicted octanol–water partition coefficient (Wildman–Crippen LogP) is 4.47. The van der Waals surface area contributed by atoms with Crippen molar-refractivity contribution in [3.8, 4) is 0 Å². The fourth-order valence-corrected chi connectivity index (χ4v) is 3.07. The lowest BCUT2D eigenvalue weighted by Crippen LogP contribution is -2.35. The SMILES string of the molecule is CCOC(=O)[N+](N)=C(c1ccc(Cl)cc1)c1ccc(CSCC)cc1. The average molecular weight is 378 g/mol. The van der Waals surface area contributed by atoms with Crippen molar-refractivity contribution in [2.75, 3.05) is 12.4 Å². The van der Waals surface area contributed by atoms with Crippen LogP contribution in [0.4, 0.5) is 4.79 Å². The van der Waals surface area contributed by atoms with Crippen LogP contribution in [0, 0.1) is 0 Å². The molecular weight excluding hydrogens is 356 g/mol. The first kappa shape index (κ1) is 19.3. The molecule has 1 amide bonds. The summed E-state index contributed by atoms with van der Waals surface area (Å²) < 4.78 is 6.08. The maximum atomic E-state index is 12.1. The van der Waals surface area contributed by atoms with Crippen molar-refractivity contribution >= 4 is 35.2 Å². The number of hydrazine groups is 1. The number of rotatable bonds is 6. The van der Waals surface area contributed by atoms with Crippen LogP contribution in [0.25, 0.3) is 0 Å². The van der Waals surface area contributed by atoms with Gasteiger partial charge < -0.3 is 4.74 Å². The number of nitrogens with two attached hydrogens (primary N) is 1. The van der Waals surface area contributed by atoms with Crippen molar-refractivity contribution in [2.45, 2.75) is 19.6 Å². The minimum Gasteiger partial charge on any atom is -0.410 e. The van der Waals surface area contributed by atoms with Gasteiger partial charge in [-0.2, -0.15) is 22.4 Å². The Balaban J connectivity index is 2.46. The van der Waals surface area contributed by atoms with Crippen LogP contribution in [0.3, 0.4) is 0 Å². The minimum atomic E-state index is -0.599. The fourth-order valence-electron chi connectivity index (χ4n) is 2.32. The van der Waals surface area contributed by atoms with Gasteiger partial charge in [-0.1, -0.05) is 30.7 Å². The van der Waals surface area contributed by atoms with Gasteiger partial charge in [-0.25, -0.2) is 0 Å². The summed E-state index contributed by atoms with van der Waals surface area (Å²) in [4.78, 5) is 12.1. The number of amides is 1. The van der Waals surface area contributed by atoms with Gasteiger partial charge in [-0.3, -0.25) is 0 Å². The lowest BCUT2D eigenvalue weighted by Gasteiger charge is -2.07. The summed E-state index contributed by atoms with van der Waals surface area (Å²) in [6.07, 6.45) is -0.599. The van der Waals surface area contributed by atoms with Crippen LogP contribution in [0.1, 0.15) is 30.5 Å². The van der Waals surface area contributed by atoms with E-state index in [9.17, 15) is 4.79 Å². The van der Waals surface area contributed by atoms with Gasteiger partial charge in [0.05, 0.1) is 12.2 Å². The van der Waals surface area contributed by atoms with E-state index in [1.54, 1.807) is 19.1 Å². The molecule has 0 aliphatic rings. The van der Waals surface area contributed by atoms with Crippen LogP contribution >= 0.6 is 23.4 Å². The molecule has 0 saturated heterocycles. The van der Waals surface area contributed by atoms with E-state index >= 15 is 0 Å². The molecule has 0 aromatic heterocycles. The molecule has 25 heavy (non-hydrogen) atoms. The van der Waals surface area contributed by atoms with Crippen molar-refractivity contribution in [2.24, 2.45) is 5.84 Å². The summed E-state index contributed by atoms with van der Waals surface area (Å²) in [5.41, 5.74) is 3.43. The third-order valence-electron chi connectivity index (χ3n) is 3.52. The molecule has 0 radical (unpaired) electrons. The van der Waals surface area contributed by atoms with Gasteiger partial charge in [0.15, 0.2) is 0 Å². The Bertz CT molecular complexity index is 743. The van der Waals surface area contributed by atoms with E-state index in [1.165, 1.54) is 5.56 Å². The van der Waals surface area contributed by atoms with Crippen LogP contribution in [-0.2, 0) is 10.5 Å². The number of hydrogen-bond acceptors (Lipinski definition) is 4. The first-order valence-corrected chi connectivity index (χ1v) is 9.61. The molecule has 0 bridgehead atoms. The van der Waals surface area contributed by atoms with E-state index in [4.69, 9.17) is 22.2 Å². The molecule has 0 atom stereocenters. The smallest absolute Gasteiger partial charge is 0.410 e. The molecule has 2 rings (SSSR count). The Kier molecular flexibility index (Phi) is 7.34. The van der Waals surface area contributed by atoms with Crippen molar-refractivity contribution in [1.82, 2.24) is 0 Å². The lowest BCUT2D eigenvalue weighted by atomic mass is 10.0. The zero-order valence-electron chi connectivity index (χ0n) is 14.4. The summed E-state index contributed by atoms with van der Waals surface area (Å²) >= 11 is 7.84. The predicted molar refractivity (Wildman–Crippen MR) is 104 cm³/mol. The second kappa shape index (κ2) is 9.49. The number of hydrazone groups is 1. The highest BCUT2D eigenvalue weighted by molar-refractivity contribution is 7.98. The highest BCUT2D eigenvalue weighted by Gasteiger charge is 2.26. The molecule has 4 nitrogen and oxygen atoms in total. The van der Waals surface area contributed by atoms with Crippen molar-refractivity contribution in [3.63, 3.8) is 0 Å². The topological polar surface area (TPSA) is 55.3 Å².